The molecule has 2 aromatic heterocycles. The van der Waals surface area contributed by atoms with E-state index >= 15 is 0 Å². The first-order chi connectivity index (χ1) is 12.1. The number of piperidine rings is 1. The average molecular weight is 423 g/mol. The van der Waals surface area contributed by atoms with E-state index in [1.54, 1.807) is 11.3 Å². The van der Waals surface area contributed by atoms with E-state index in [1.807, 2.05) is 0 Å². The van der Waals surface area contributed by atoms with Gasteiger partial charge in [-0.3, -0.25) is 14.7 Å². The normalized spacial score (nSPS) is 19.2. The Morgan fingerprint density at radius 3 is 2.88 bits per heavy atom. The van der Waals surface area contributed by atoms with E-state index in [2.05, 4.69) is 49.1 Å². The van der Waals surface area contributed by atoms with Crippen LogP contribution in [0.15, 0.2) is 20.7 Å². The first-order valence-electron chi connectivity index (χ1n) is 8.91. The zero-order chi connectivity index (χ0) is 17.4. The molecule has 0 bridgehead atoms. The van der Waals surface area contributed by atoms with Crippen LogP contribution >= 0.6 is 27.3 Å². The standard InChI is InChI=1S/C18H23BrN4OS/c1-12-2-6-23(7-3-12)18-20-16-10-22(5-4-15(16)17(24)21-18)9-14-8-13(19)11-25-14/h8,11-12H,2-7,9-10H2,1H3,(H,20,21,24). The minimum absolute atomic E-state index is 0.0529. The SMILES string of the molecule is CC1CCN(c2nc3c(c(=O)[nH]2)CCN(Cc2cc(Br)cs2)C3)CC1. The van der Waals surface area contributed by atoms with Crippen LogP contribution in [0, 0.1) is 5.92 Å². The Morgan fingerprint density at radius 2 is 2.16 bits per heavy atom. The number of H-pyrrole nitrogens is 1. The van der Waals surface area contributed by atoms with Gasteiger partial charge >= 0.3 is 0 Å². The molecule has 0 atom stereocenters. The van der Waals surface area contributed by atoms with Crippen molar-refractivity contribution in [2.24, 2.45) is 5.92 Å². The van der Waals surface area contributed by atoms with Crippen LogP contribution in [0.25, 0.3) is 0 Å². The van der Waals surface area contributed by atoms with Gasteiger partial charge in [-0.2, -0.15) is 0 Å². The second kappa shape index (κ2) is 7.21. The van der Waals surface area contributed by atoms with Gasteiger partial charge in [0.05, 0.1) is 5.69 Å². The lowest BCUT2D eigenvalue weighted by Crippen LogP contribution is -2.39. The fourth-order valence-electron chi connectivity index (χ4n) is 3.64. The molecule has 0 amide bonds. The predicted molar refractivity (Wildman–Crippen MR) is 105 cm³/mol. The zero-order valence-electron chi connectivity index (χ0n) is 14.4. The van der Waals surface area contributed by atoms with Crippen LogP contribution in [0.1, 0.15) is 35.9 Å². The van der Waals surface area contributed by atoms with Crippen molar-refractivity contribution in [3.05, 3.63) is 42.4 Å². The Hall–Kier alpha value is -1.18. The Kier molecular flexibility index (Phi) is 4.97. The molecular formula is C18H23BrN4OS. The van der Waals surface area contributed by atoms with Gasteiger partial charge in [-0.1, -0.05) is 6.92 Å². The van der Waals surface area contributed by atoms with Gasteiger partial charge in [-0.15, -0.1) is 11.3 Å². The topological polar surface area (TPSA) is 52.2 Å². The molecule has 0 saturated carbocycles. The number of nitrogens with one attached hydrogen (secondary N) is 1. The second-order valence-corrected chi connectivity index (χ2v) is 9.09. The summed E-state index contributed by atoms with van der Waals surface area (Å²) in [7, 11) is 0. The summed E-state index contributed by atoms with van der Waals surface area (Å²) >= 11 is 5.29. The molecule has 1 fully saturated rings. The highest BCUT2D eigenvalue weighted by Gasteiger charge is 2.24. The maximum Gasteiger partial charge on any atom is 0.255 e. The molecule has 0 aliphatic carbocycles. The van der Waals surface area contributed by atoms with Crippen molar-refractivity contribution in [1.29, 1.82) is 0 Å². The monoisotopic (exact) mass is 422 g/mol. The van der Waals surface area contributed by atoms with Crippen molar-refractivity contribution in [3.8, 4) is 0 Å². The Bertz CT molecular complexity index is 810. The molecule has 1 N–H and O–H groups in total. The van der Waals surface area contributed by atoms with E-state index in [0.29, 0.717) is 0 Å². The van der Waals surface area contributed by atoms with E-state index in [0.717, 1.165) is 66.7 Å². The highest BCUT2D eigenvalue weighted by atomic mass is 79.9. The lowest BCUT2D eigenvalue weighted by Gasteiger charge is -2.32. The molecule has 7 heteroatoms. The molecule has 2 aliphatic rings. The maximum absolute atomic E-state index is 12.5. The zero-order valence-corrected chi connectivity index (χ0v) is 16.8. The number of hydrogen-bond acceptors (Lipinski definition) is 5. The van der Waals surface area contributed by atoms with Crippen LogP contribution in [0.3, 0.4) is 0 Å². The molecule has 0 radical (unpaired) electrons. The lowest BCUT2D eigenvalue weighted by atomic mass is 9.99. The first kappa shape index (κ1) is 17.2. The summed E-state index contributed by atoms with van der Waals surface area (Å²) in [6, 6.07) is 2.17. The molecule has 2 aromatic rings. The number of nitrogens with zero attached hydrogens (tertiary/aromatic N) is 3. The molecular weight excluding hydrogens is 400 g/mol. The molecule has 5 nitrogen and oxygen atoms in total. The third-order valence-corrected chi connectivity index (χ3v) is 6.91. The number of halogens is 1. The summed E-state index contributed by atoms with van der Waals surface area (Å²) in [5.74, 6) is 1.53. The van der Waals surface area contributed by atoms with Gasteiger partial charge in [0.1, 0.15) is 0 Å². The molecule has 4 rings (SSSR count). The minimum atomic E-state index is 0.0529. The van der Waals surface area contributed by atoms with Crippen molar-refractivity contribution in [3.63, 3.8) is 0 Å². The van der Waals surface area contributed by atoms with Gasteiger partial charge in [0, 0.05) is 53.0 Å². The highest BCUT2D eigenvalue weighted by Crippen LogP contribution is 2.25. The van der Waals surface area contributed by atoms with Gasteiger partial charge in [-0.05, 0) is 47.2 Å². The van der Waals surface area contributed by atoms with Crippen LogP contribution in [0.2, 0.25) is 0 Å². The molecule has 1 saturated heterocycles. The van der Waals surface area contributed by atoms with E-state index in [-0.39, 0.29) is 5.56 Å². The van der Waals surface area contributed by atoms with Crippen LogP contribution in [0.4, 0.5) is 5.95 Å². The quantitative estimate of drug-likeness (QED) is 0.823. The number of aromatic nitrogens is 2. The van der Waals surface area contributed by atoms with E-state index in [9.17, 15) is 4.79 Å². The highest BCUT2D eigenvalue weighted by molar-refractivity contribution is 9.10. The van der Waals surface area contributed by atoms with Crippen molar-refractivity contribution >= 4 is 33.2 Å². The smallest absolute Gasteiger partial charge is 0.255 e. The van der Waals surface area contributed by atoms with E-state index in [4.69, 9.17) is 4.98 Å². The Labute approximate surface area is 160 Å². The summed E-state index contributed by atoms with van der Waals surface area (Å²) < 4.78 is 1.14. The van der Waals surface area contributed by atoms with Gasteiger partial charge in [-0.25, -0.2) is 4.98 Å². The van der Waals surface area contributed by atoms with Crippen LogP contribution in [0.5, 0.6) is 0 Å². The molecule has 0 spiro atoms. The molecule has 134 valence electrons. The molecule has 4 heterocycles. The molecule has 2 aliphatic heterocycles. The lowest BCUT2D eigenvalue weighted by molar-refractivity contribution is 0.242. The number of rotatable bonds is 3. The molecule has 0 aromatic carbocycles. The minimum Gasteiger partial charge on any atom is -0.342 e. The van der Waals surface area contributed by atoms with Gasteiger partial charge in [0.2, 0.25) is 5.95 Å². The maximum atomic E-state index is 12.5. The fourth-order valence-corrected chi connectivity index (χ4v) is 5.14. The van der Waals surface area contributed by atoms with Crippen molar-refractivity contribution in [2.45, 2.75) is 39.3 Å². The summed E-state index contributed by atoms with van der Waals surface area (Å²) in [5, 5.41) is 2.12. The van der Waals surface area contributed by atoms with E-state index in [1.165, 1.54) is 17.7 Å². The number of thiophene rings is 1. The van der Waals surface area contributed by atoms with Crippen molar-refractivity contribution in [1.82, 2.24) is 14.9 Å². The van der Waals surface area contributed by atoms with Crippen LogP contribution < -0.4 is 10.5 Å². The Balaban J connectivity index is 1.53. The number of fused-ring (bicyclic) bond motifs is 1. The summed E-state index contributed by atoms with van der Waals surface area (Å²) in [6.07, 6.45) is 3.11. The average Bonchev–Trinajstić information content (AvgIpc) is 3.00. The van der Waals surface area contributed by atoms with Crippen LogP contribution in [-0.4, -0.2) is 34.5 Å². The van der Waals surface area contributed by atoms with Crippen molar-refractivity contribution < 1.29 is 0 Å². The first-order valence-corrected chi connectivity index (χ1v) is 10.6. The number of hydrogen-bond donors (Lipinski definition) is 1. The van der Waals surface area contributed by atoms with Crippen LogP contribution in [-0.2, 0) is 19.5 Å². The third-order valence-electron chi connectivity index (χ3n) is 5.22. The van der Waals surface area contributed by atoms with Crippen molar-refractivity contribution in [2.75, 3.05) is 24.5 Å². The van der Waals surface area contributed by atoms with E-state index < -0.39 is 0 Å². The summed E-state index contributed by atoms with van der Waals surface area (Å²) in [6.45, 7) is 6.84. The Morgan fingerprint density at radius 1 is 1.36 bits per heavy atom. The summed E-state index contributed by atoms with van der Waals surface area (Å²) in [4.78, 5) is 26.3. The van der Waals surface area contributed by atoms with Gasteiger partial charge < -0.3 is 4.90 Å². The molecule has 0 unspecified atom stereocenters. The number of aromatic amines is 1. The van der Waals surface area contributed by atoms with Gasteiger partial charge in [0.25, 0.3) is 5.56 Å². The third kappa shape index (κ3) is 3.83. The predicted octanol–water partition coefficient (Wildman–Crippen LogP) is 3.39. The molecule has 25 heavy (non-hydrogen) atoms. The number of anilines is 1. The van der Waals surface area contributed by atoms with Gasteiger partial charge in [0.15, 0.2) is 0 Å². The fraction of sp³-hybridized carbons (Fsp3) is 0.556. The summed E-state index contributed by atoms with van der Waals surface area (Å²) in [5.41, 5.74) is 1.88. The largest absolute Gasteiger partial charge is 0.342 e. The second-order valence-electron chi connectivity index (χ2n) is 7.18.